The molecular formula is C13H16FN5. The second-order valence-corrected chi connectivity index (χ2v) is 5.33. The van der Waals surface area contributed by atoms with Crippen molar-refractivity contribution in [2.24, 2.45) is 11.8 Å². The number of nitrogen functional groups attached to an aromatic ring is 1. The lowest BCUT2D eigenvalue weighted by Crippen LogP contribution is -2.06. The summed E-state index contributed by atoms with van der Waals surface area (Å²) < 4.78 is 15.5. The molecule has 1 aromatic carbocycles. The third kappa shape index (κ3) is 2.18. The Hall–Kier alpha value is -1.98. The van der Waals surface area contributed by atoms with Crippen LogP contribution >= 0.6 is 0 Å². The van der Waals surface area contributed by atoms with Gasteiger partial charge in [-0.3, -0.25) is 0 Å². The molecule has 1 saturated carbocycles. The van der Waals surface area contributed by atoms with E-state index in [0.29, 0.717) is 28.6 Å². The number of nitrogens with zero attached hydrogens (tertiary/aromatic N) is 4. The minimum absolute atomic E-state index is 0.329. The first-order valence-corrected chi connectivity index (χ1v) is 6.38. The van der Waals surface area contributed by atoms with E-state index in [2.05, 4.69) is 22.4 Å². The summed E-state index contributed by atoms with van der Waals surface area (Å²) in [6, 6.07) is 3.15. The average Bonchev–Trinajstić information content (AvgIpc) is 2.88. The SMILES string of the molecule is Cc1c(N)cc(-c2nnnn2CC2CC2C)cc1F. The van der Waals surface area contributed by atoms with Crippen molar-refractivity contribution in [1.29, 1.82) is 0 Å². The van der Waals surface area contributed by atoms with E-state index in [9.17, 15) is 4.39 Å². The van der Waals surface area contributed by atoms with Crippen LogP contribution in [0.4, 0.5) is 10.1 Å². The highest BCUT2D eigenvalue weighted by molar-refractivity contribution is 5.63. The van der Waals surface area contributed by atoms with Gasteiger partial charge in [0.15, 0.2) is 5.82 Å². The summed E-state index contributed by atoms with van der Waals surface area (Å²) in [5.74, 6) is 1.58. The van der Waals surface area contributed by atoms with Crippen LogP contribution in [0.15, 0.2) is 12.1 Å². The molecule has 1 aromatic heterocycles. The summed E-state index contributed by atoms with van der Waals surface area (Å²) in [6.07, 6.45) is 1.20. The zero-order valence-corrected chi connectivity index (χ0v) is 11.0. The minimum atomic E-state index is -0.329. The van der Waals surface area contributed by atoms with E-state index < -0.39 is 0 Å². The van der Waals surface area contributed by atoms with Crippen LogP contribution in [-0.2, 0) is 6.54 Å². The summed E-state index contributed by atoms with van der Waals surface area (Å²) in [6.45, 7) is 4.64. The van der Waals surface area contributed by atoms with Gasteiger partial charge < -0.3 is 5.73 Å². The van der Waals surface area contributed by atoms with Crippen LogP contribution in [0.1, 0.15) is 18.9 Å². The molecule has 0 radical (unpaired) electrons. The Labute approximate surface area is 110 Å². The molecule has 2 aromatic rings. The molecule has 1 aliphatic rings. The van der Waals surface area contributed by atoms with Crippen LogP contribution in [0, 0.1) is 24.6 Å². The largest absolute Gasteiger partial charge is 0.398 e. The van der Waals surface area contributed by atoms with Gasteiger partial charge in [-0.1, -0.05) is 6.92 Å². The average molecular weight is 261 g/mol. The summed E-state index contributed by atoms with van der Waals surface area (Å²) in [5, 5.41) is 11.7. The normalized spacial score (nSPS) is 21.6. The van der Waals surface area contributed by atoms with Crippen molar-refractivity contribution in [2.45, 2.75) is 26.8 Å². The maximum Gasteiger partial charge on any atom is 0.182 e. The number of hydrogen-bond donors (Lipinski definition) is 1. The van der Waals surface area contributed by atoms with Gasteiger partial charge in [-0.05, 0) is 47.7 Å². The third-order valence-electron chi connectivity index (χ3n) is 3.86. The molecule has 1 fully saturated rings. The molecule has 0 amide bonds. The van der Waals surface area contributed by atoms with Crippen LogP contribution in [0.2, 0.25) is 0 Å². The Morgan fingerprint density at radius 2 is 2.21 bits per heavy atom. The van der Waals surface area contributed by atoms with Gasteiger partial charge in [-0.15, -0.1) is 5.10 Å². The van der Waals surface area contributed by atoms with E-state index >= 15 is 0 Å². The van der Waals surface area contributed by atoms with Gasteiger partial charge >= 0.3 is 0 Å². The summed E-state index contributed by atoms with van der Waals surface area (Å²) in [4.78, 5) is 0. The van der Waals surface area contributed by atoms with E-state index in [1.54, 1.807) is 17.7 Å². The maximum atomic E-state index is 13.7. The zero-order valence-electron chi connectivity index (χ0n) is 11.0. The van der Waals surface area contributed by atoms with Gasteiger partial charge in [0.05, 0.1) is 0 Å². The highest BCUT2D eigenvalue weighted by atomic mass is 19.1. The Morgan fingerprint density at radius 3 is 2.84 bits per heavy atom. The highest BCUT2D eigenvalue weighted by Crippen LogP contribution is 2.39. The fourth-order valence-corrected chi connectivity index (χ4v) is 2.24. The number of hydrogen-bond acceptors (Lipinski definition) is 4. The number of rotatable bonds is 3. The number of tetrazole rings is 1. The first-order valence-electron chi connectivity index (χ1n) is 6.38. The monoisotopic (exact) mass is 261 g/mol. The smallest absolute Gasteiger partial charge is 0.182 e. The first kappa shape index (κ1) is 12.1. The van der Waals surface area contributed by atoms with Crippen molar-refractivity contribution < 1.29 is 4.39 Å². The van der Waals surface area contributed by atoms with Crippen LogP contribution in [0.3, 0.4) is 0 Å². The van der Waals surface area contributed by atoms with Crippen LogP contribution in [0.5, 0.6) is 0 Å². The molecule has 6 heteroatoms. The number of anilines is 1. The molecule has 2 atom stereocenters. The second-order valence-electron chi connectivity index (χ2n) is 5.33. The topological polar surface area (TPSA) is 69.6 Å². The van der Waals surface area contributed by atoms with Crippen LogP contribution in [0.25, 0.3) is 11.4 Å². The van der Waals surface area contributed by atoms with Crippen LogP contribution in [-0.4, -0.2) is 20.2 Å². The number of benzene rings is 1. The molecular weight excluding hydrogens is 245 g/mol. The predicted molar refractivity (Wildman–Crippen MR) is 69.6 cm³/mol. The van der Waals surface area contributed by atoms with Crippen molar-refractivity contribution in [3.63, 3.8) is 0 Å². The second kappa shape index (κ2) is 4.29. The third-order valence-corrected chi connectivity index (χ3v) is 3.86. The Kier molecular flexibility index (Phi) is 2.73. The predicted octanol–water partition coefficient (Wildman–Crippen LogP) is 2.03. The number of aromatic nitrogens is 4. The molecule has 5 nitrogen and oxygen atoms in total. The van der Waals surface area contributed by atoms with E-state index in [-0.39, 0.29) is 5.82 Å². The van der Waals surface area contributed by atoms with Crippen molar-refractivity contribution >= 4 is 5.69 Å². The van der Waals surface area contributed by atoms with E-state index in [1.165, 1.54) is 12.5 Å². The molecule has 1 aliphatic carbocycles. The quantitative estimate of drug-likeness (QED) is 0.858. The summed E-state index contributed by atoms with van der Waals surface area (Å²) >= 11 is 0. The minimum Gasteiger partial charge on any atom is -0.398 e. The van der Waals surface area contributed by atoms with E-state index in [0.717, 1.165) is 12.5 Å². The number of halogens is 1. The number of nitrogens with two attached hydrogens (primary N) is 1. The summed E-state index contributed by atoms with van der Waals surface area (Å²) in [5.41, 5.74) is 7.30. The van der Waals surface area contributed by atoms with Crippen molar-refractivity contribution in [2.75, 3.05) is 5.73 Å². The van der Waals surface area contributed by atoms with E-state index in [1.807, 2.05) is 0 Å². The lowest BCUT2D eigenvalue weighted by Gasteiger charge is -2.07. The molecule has 2 N–H and O–H groups in total. The van der Waals surface area contributed by atoms with Gasteiger partial charge in [0, 0.05) is 23.4 Å². The van der Waals surface area contributed by atoms with E-state index in [4.69, 9.17) is 5.73 Å². The first-order chi connectivity index (χ1) is 9.06. The molecule has 2 unspecified atom stereocenters. The fourth-order valence-electron chi connectivity index (χ4n) is 2.24. The summed E-state index contributed by atoms with van der Waals surface area (Å²) in [7, 11) is 0. The Morgan fingerprint density at radius 1 is 1.47 bits per heavy atom. The van der Waals surface area contributed by atoms with Crippen LogP contribution < -0.4 is 5.73 Å². The van der Waals surface area contributed by atoms with Gasteiger partial charge in [0.2, 0.25) is 0 Å². The molecule has 3 rings (SSSR count). The lowest BCUT2D eigenvalue weighted by molar-refractivity contribution is 0.528. The van der Waals surface area contributed by atoms with Crippen molar-refractivity contribution in [3.8, 4) is 11.4 Å². The molecule has 0 saturated heterocycles. The lowest BCUT2D eigenvalue weighted by atomic mass is 10.1. The molecule has 0 aliphatic heterocycles. The molecule has 19 heavy (non-hydrogen) atoms. The molecule has 0 bridgehead atoms. The zero-order chi connectivity index (χ0) is 13.6. The van der Waals surface area contributed by atoms with Crippen molar-refractivity contribution in [1.82, 2.24) is 20.2 Å². The highest BCUT2D eigenvalue weighted by Gasteiger charge is 2.33. The molecule has 100 valence electrons. The van der Waals surface area contributed by atoms with Gasteiger partial charge in [0.25, 0.3) is 0 Å². The van der Waals surface area contributed by atoms with Gasteiger partial charge in [-0.2, -0.15) is 0 Å². The van der Waals surface area contributed by atoms with Gasteiger partial charge in [-0.25, -0.2) is 9.07 Å². The molecule has 0 spiro atoms. The fraction of sp³-hybridized carbons (Fsp3) is 0.462. The standard InChI is InChI=1S/C13H16FN5/c1-7-3-10(7)6-19-13(16-17-18-19)9-4-11(14)8(2)12(15)5-9/h4-5,7,10H,3,6,15H2,1-2H3. The Balaban J connectivity index is 1.96. The van der Waals surface area contributed by atoms with Crippen molar-refractivity contribution in [3.05, 3.63) is 23.5 Å². The maximum absolute atomic E-state index is 13.7. The molecule has 1 heterocycles. The van der Waals surface area contributed by atoms with Gasteiger partial charge in [0.1, 0.15) is 5.82 Å². The Bertz CT molecular complexity index is 598.